The van der Waals surface area contributed by atoms with Crippen LogP contribution in [0.5, 0.6) is 0 Å². The molecule has 1 heterocycles. The van der Waals surface area contributed by atoms with E-state index in [9.17, 15) is 18.0 Å². The Morgan fingerprint density at radius 3 is 2.49 bits per heavy atom. The zero-order valence-corrected chi connectivity index (χ0v) is 22.5. The number of halogens is 1. The number of nitrogens with one attached hydrogen (secondary N) is 3. The van der Waals surface area contributed by atoms with E-state index < -0.39 is 21.8 Å². The summed E-state index contributed by atoms with van der Waals surface area (Å²) in [6.45, 7) is 7.60. The highest BCUT2D eigenvalue weighted by Crippen LogP contribution is 2.28. The largest absolute Gasteiger partial charge is 0.371 e. The summed E-state index contributed by atoms with van der Waals surface area (Å²) in [7, 11) is -3.55. The van der Waals surface area contributed by atoms with Crippen molar-refractivity contribution in [3.63, 3.8) is 0 Å². The van der Waals surface area contributed by atoms with Crippen molar-refractivity contribution in [2.45, 2.75) is 38.5 Å². The number of nitrogens with zero attached hydrogens (tertiary/aromatic N) is 1. The van der Waals surface area contributed by atoms with Gasteiger partial charge in [0.2, 0.25) is 5.91 Å². The molecule has 10 heteroatoms. The van der Waals surface area contributed by atoms with Crippen LogP contribution in [0, 0.1) is 0 Å². The van der Waals surface area contributed by atoms with Gasteiger partial charge in [0.15, 0.2) is 9.84 Å². The lowest BCUT2D eigenvalue weighted by Crippen LogP contribution is -2.43. The second-order valence-electron chi connectivity index (χ2n) is 8.73. The number of anilines is 2. The number of hydrogen-bond donors (Lipinski definition) is 3. The van der Waals surface area contributed by atoms with E-state index in [-0.39, 0.29) is 17.4 Å². The van der Waals surface area contributed by atoms with Crippen molar-refractivity contribution in [3.8, 4) is 0 Å². The van der Waals surface area contributed by atoms with Gasteiger partial charge in [-0.3, -0.25) is 9.59 Å². The summed E-state index contributed by atoms with van der Waals surface area (Å²) < 4.78 is 26.2. The van der Waals surface area contributed by atoms with Gasteiger partial charge >= 0.3 is 0 Å². The van der Waals surface area contributed by atoms with Crippen LogP contribution in [0.25, 0.3) is 0 Å². The van der Waals surface area contributed by atoms with E-state index in [2.05, 4.69) is 50.6 Å². The highest BCUT2D eigenvalue weighted by molar-refractivity contribution is 9.10. The molecule has 190 valence electrons. The van der Waals surface area contributed by atoms with Gasteiger partial charge in [-0.15, -0.1) is 0 Å². The van der Waals surface area contributed by atoms with Gasteiger partial charge in [-0.1, -0.05) is 41.9 Å². The molecule has 0 spiro atoms. The molecular formula is C25H33BrN4O4S. The van der Waals surface area contributed by atoms with Gasteiger partial charge in [-0.2, -0.15) is 0 Å². The molecular weight excluding hydrogens is 532 g/mol. The Kier molecular flexibility index (Phi) is 9.71. The van der Waals surface area contributed by atoms with Gasteiger partial charge in [-0.25, -0.2) is 8.42 Å². The molecule has 1 aliphatic rings. The van der Waals surface area contributed by atoms with E-state index in [1.165, 1.54) is 0 Å². The molecule has 0 radical (unpaired) electrons. The van der Waals surface area contributed by atoms with E-state index in [1.54, 1.807) is 36.4 Å². The smallest absolute Gasteiger partial charge is 0.251 e. The average Bonchev–Trinajstić information content (AvgIpc) is 2.79. The van der Waals surface area contributed by atoms with Crippen molar-refractivity contribution in [1.82, 2.24) is 10.2 Å². The minimum atomic E-state index is -3.55. The maximum absolute atomic E-state index is 12.7. The molecule has 3 rings (SSSR count). The first-order valence-electron chi connectivity index (χ1n) is 11.9. The molecule has 0 aliphatic carbocycles. The topological polar surface area (TPSA) is 108 Å². The molecule has 0 saturated carbocycles. The van der Waals surface area contributed by atoms with Crippen molar-refractivity contribution in [1.29, 1.82) is 0 Å². The van der Waals surface area contributed by atoms with E-state index in [1.807, 2.05) is 6.07 Å². The van der Waals surface area contributed by atoms with Crippen molar-refractivity contribution in [2.75, 3.05) is 42.6 Å². The van der Waals surface area contributed by atoms with Crippen molar-refractivity contribution >= 4 is 49.0 Å². The SMILES string of the molecule is CCCN(CCC)CCNC(=O)c1ccc2c(c1)NC(=O)[C@@H](CS(=O)(=O)Cc1cccc(Br)c1)N2. The number of amides is 2. The Balaban J connectivity index is 1.59. The van der Waals surface area contributed by atoms with Crippen molar-refractivity contribution in [2.24, 2.45) is 0 Å². The van der Waals surface area contributed by atoms with Crippen molar-refractivity contribution in [3.05, 3.63) is 58.1 Å². The van der Waals surface area contributed by atoms with Crippen LogP contribution in [0.1, 0.15) is 42.6 Å². The van der Waals surface area contributed by atoms with Gasteiger partial charge in [0.05, 0.1) is 22.9 Å². The molecule has 0 fully saturated rings. The fraction of sp³-hybridized carbons (Fsp3) is 0.440. The van der Waals surface area contributed by atoms with Crippen LogP contribution in [0.15, 0.2) is 46.9 Å². The highest BCUT2D eigenvalue weighted by atomic mass is 79.9. The molecule has 2 aromatic carbocycles. The van der Waals surface area contributed by atoms with Gasteiger partial charge in [0.25, 0.3) is 5.91 Å². The normalized spacial score (nSPS) is 15.3. The lowest BCUT2D eigenvalue weighted by Gasteiger charge is -2.27. The summed E-state index contributed by atoms with van der Waals surface area (Å²) in [5, 5.41) is 8.70. The molecule has 2 amide bonds. The third-order valence-electron chi connectivity index (χ3n) is 5.68. The molecule has 8 nitrogen and oxygen atoms in total. The van der Waals surface area contributed by atoms with Gasteiger partial charge in [0, 0.05) is 23.1 Å². The van der Waals surface area contributed by atoms with Crippen LogP contribution >= 0.6 is 15.9 Å². The molecule has 0 bridgehead atoms. The molecule has 0 unspecified atom stereocenters. The Morgan fingerprint density at radius 1 is 1.06 bits per heavy atom. The van der Waals surface area contributed by atoms with E-state index in [4.69, 9.17) is 0 Å². The third-order valence-corrected chi connectivity index (χ3v) is 7.78. The fourth-order valence-electron chi connectivity index (χ4n) is 4.10. The van der Waals surface area contributed by atoms with Gasteiger partial charge < -0.3 is 20.9 Å². The minimum absolute atomic E-state index is 0.155. The number of sulfone groups is 1. The molecule has 1 atom stereocenters. The van der Waals surface area contributed by atoms with Gasteiger partial charge in [0.1, 0.15) is 6.04 Å². The van der Waals surface area contributed by atoms with Crippen LogP contribution in [0.4, 0.5) is 11.4 Å². The lowest BCUT2D eigenvalue weighted by molar-refractivity contribution is -0.116. The first-order valence-corrected chi connectivity index (χ1v) is 14.5. The summed E-state index contributed by atoms with van der Waals surface area (Å²) in [4.78, 5) is 27.6. The first kappa shape index (κ1) is 27.2. The zero-order chi connectivity index (χ0) is 25.4. The first-order chi connectivity index (χ1) is 16.7. The number of fused-ring (bicyclic) bond motifs is 1. The third kappa shape index (κ3) is 8.05. The van der Waals surface area contributed by atoms with E-state index >= 15 is 0 Å². The van der Waals surface area contributed by atoms with Crippen LogP contribution in [-0.2, 0) is 20.4 Å². The fourth-order valence-corrected chi connectivity index (χ4v) is 6.09. The maximum atomic E-state index is 12.7. The number of hydrogen-bond acceptors (Lipinski definition) is 6. The zero-order valence-electron chi connectivity index (χ0n) is 20.1. The number of carbonyl (C=O) groups excluding carboxylic acids is 2. The predicted octanol–water partition coefficient (Wildman–Crippen LogP) is 3.65. The monoisotopic (exact) mass is 564 g/mol. The summed E-state index contributed by atoms with van der Waals surface area (Å²) in [5.41, 5.74) is 2.13. The van der Waals surface area contributed by atoms with Crippen molar-refractivity contribution < 1.29 is 18.0 Å². The Labute approximate surface area is 215 Å². The molecule has 3 N–H and O–H groups in total. The highest BCUT2D eigenvalue weighted by Gasteiger charge is 2.30. The number of carbonyl (C=O) groups is 2. The molecule has 0 aromatic heterocycles. The Bertz CT molecular complexity index is 1150. The minimum Gasteiger partial charge on any atom is -0.371 e. The summed E-state index contributed by atoms with van der Waals surface area (Å²) in [6.07, 6.45) is 2.13. The number of rotatable bonds is 12. The van der Waals surface area contributed by atoms with Gasteiger partial charge in [-0.05, 0) is 61.8 Å². The van der Waals surface area contributed by atoms with Crippen LogP contribution < -0.4 is 16.0 Å². The Hall–Kier alpha value is -2.43. The average molecular weight is 566 g/mol. The molecule has 2 aromatic rings. The predicted molar refractivity (Wildman–Crippen MR) is 143 cm³/mol. The lowest BCUT2D eigenvalue weighted by atomic mass is 10.1. The molecule has 0 saturated heterocycles. The summed E-state index contributed by atoms with van der Waals surface area (Å²) in [6, 6.07) is 11.1. The summed E-state index contributed by atoms with van der Waals surface area (Å²) >= 11 is 3.34. The maximum Gasteiger partial charge on any atom is 0.251 e. The van der Waals surface area contributed by atoms with Crippen LogP contribution in [-0.4, -0.2) is 63.1 Å². The van der Waals surface area contributed by atoms with E-state index in [0.29, 0.717) is 29.0 Å². The Morgan fingerprint density at radius 2 is 1.80 bits per heavy atom. The summed E-state index contributed by atoms with van der Waals surface area (Å²) in [5.74, 6) is -1.15. The molecule has 35 heavy (non-hydrogen) atoms. The second-order valence-corrected chi connectivity index (χ2v) is 11.8. The van der Waals surface area contributed by atoms with Crippen LogP contribution in [0.2, 0.25) is 0 Å². The number of benzene rings is 2. The van der Waals surface area contributed by atoms with E-state index in [0.717, 1.165) is 36.9 Å². The quantitative estimate of drug-likeness (QED) is 0.363. The molecule has 1 aliphatic heterocycles. The standard InChI is InChI=1S/C25H33BrN4O4S/c1-3-11-30(12-4-2)13-10-27-24(31)19-8-9-21-22(15-19)29-25(32)23(28-21)17-35(33,34)16-18-6-5-7-20(26)14-18/h5-9,14-15,23,28H,3-4,10-13,16-17H2,1-2H3,(H,27,31)(H,29,32)/t23-/m1/s1. The van der Waals surface area contributed by atoms with Crippen LogP contribution in [0.3, 0.4) is 0 Å². The second kappa shape index (κ2) is 12.5.